The largest absolute Gasteiger partial charge is 0.450 e. The number of aliphatic hydroxyl groups excluding tert-OH is 1. The van der Waals surface area contributed by atoms with Crippen molar-refractivity contribution in [3.63, 3.8) is 0 Å². The van der Waals surface area contributed by atoms with Gasteiger partial charge in [-0.05, 0) is 6.92 Å². The minimum absolute atomic E-state index is 0.296. The van der Waals surface area contributed by atoms with Crippen LogP contribution in [-0.2, 0) is 11.3 Å². The number of amides is 1. The Kier molecular flexibility index (Phi) is 3.30. The molecule has 1 unspecified atom stereocenters. The van der Waals surface area contributed by atoms with Gasteiger partial charge in [0.1, 0.15) is 0 Å². The molecule has 8 heteroatoms. The summed E-state index contributed by atoms with van der Waals surface area (Å²) in [5.74, 6) is 0.900. The molecule has 1 atom stereocenters. The number of fused-ring (bicyclic) bond motifs is 1. The van der Waals surface area contributed by atoms with Gasteiger partial charge in [-0.1, -0.05) is 11.8 Å². The minimum Gasteiger partial charge on any atom is -0.450 e. The van der Waals surface area contributed by atoms with Gasteiger partial charge >= 0.3 is 6.09 Å². The van der Waals surface area contributed by atoms with Crippen LogP contribution in [0.15, 0.2) is 5.16 Å². The number of ether oxygens (including phenoxy) is 1. The van der Waals surface area contributed by atoms with Crippen molar-refractivity contribution in [2.75, 3.05) is 17.7 Å². The van der Waals surface area contributed by atoms with E-state index in [9.17, 15) is 9.90 Å². The summed E-state index contributed by atoms with van der Waals surface area (Å²) in [6.45, 7) is 2.40. The highest BCUT2D eigenvalue weighted by Gasteiger charge is 2.22. The smallest absolute Gasteiger partial charge is 0.414 e. The number of thioether (sulfide) groups is 1. The number of aliphatic hydroxyl groups is 1. The topological polar surface area (TPSA) is 89.3 Å². The fraction of sp³-hybridized carbons (Fsp3) is 0.625. The first kappa shape index (κ1) is 11.2. The molecule has 1 aromatic heterocycles. The minimum atomic E-state index is -0.567. The normalized spacial score (nSPS) is 19.0. The van der Waals surface area contributed by atoms with E-state index in [0.29, 0.717) is 30.0 Å². The monoisotopic (exact) mass is 244 g/mol. The molecule has 0 aliphatic carbocycles. The maximum absolute atomic E-state index is 11.2. The number of hydrogen-bond donors (Lipinski definition) is 2. The number of nitrogens with one attached hydrogen (secondary N) is 1. The van der Waals surface area contributed by atoms with E-state index < -0.39 is 12.2 Å². The lowest BCUT2D eigenvalue weighted by molar-refractivity contribution is 0.164. The molecule has 0 aromatic carbocycles. The van der Waals surface area contributed by atoms with E-state index in [1.807, 2.05) is 0 Å². The zero-order valence-electron chi connectivity index (χ0n) is 8.71. The van der Waals surface area contributed by atoms with Gasteiger partial charge in [-0.15, -0.1) is 10.2 Å². The zero-order valence-corrected chi connectivity index (χ0v) is 9.53. The standard InChI is InChI=1S/C8H12N4O3S/c1-2-15-8(14)9-6-10-11-7-12(6)3-5(13)4-16-7/h5,13H,2-4H2,1H3,(H,9,10,14). The number of rotatable bonds is 2. The third-order valence-corrected chi connectivity index (χ3v) is 3.12. The molecule has 0 radical (unpaired) electrons. The van der Waals surface area contributed by atoms with Crippen LogP contribution in [0.1, 0.15) is 6.92 Å². The maximum Gasteiger partial charge on any atom is 0.414 e. The molecule has 0 bridgehead atoms. The Hall–Kier alpha value is -1.28. The summed E-state index contributed by atoms with van der Waals surface area (Å²) in [6.07, 6.45) is -1.01. The van der Waals surface area contributed by atoms with Crippen molar-refractivity contribution in [3.05, 3.63) is 0 Å². The van der Waals surface area contributed by atoms with Crippen LogP contribution in [0.5, 0.6) is 0 Å². The molecule has 0 saturated carbocycles. The van der Waals surface area contributed by atoms with Crippen molar-refractivity contribution in [3.8, 4) is 0 Å². The molecular formula is C8H12N4O3S. The van der Waals surface area contributed by atoms with Gasteiger partial charge in [0.2, 0.25) is 5.95 Å². The van der Waals surface area contributed by atoms with E-state index in [0.717, 1.165) is 0 Å². The summed E-state index contributed by atoms with van der Waals surface area (Å²) < 4.78 is 6.40. The quantitative estimate of drug-likeness (QED) is 0.778. The Morgan fingerprint density at radius 3 is 3.31 bits per heavy atom. The van der Waals surface area contributed by atoms with Gasteiger partial charge in [-0.2, -0.15) is 0 Å². The van der Waals surface area contributed by atoms with Gasteiger partial charge in [0.05, 0.1) is 19.3 Å². The highest BCUT2D eigenvalue weighted by molar-refractivity contribution is 7.99. The molecule has 88 valence electrons. The van der Waals surface area contributed by atoms with Gasteiger partial charge in [0.15, 0.2) is 5.16 Å². The molecule has 2 N–H and O–H groups in total. The molecule has 1 aliphatic rings. The number of hydrogen-bond acceptors (Lipinski definition) is 6. The van der Waals surface area contributed by atoms with E-state index in [1.54, 1.807) is 11.5 Å². The molecule has 1 aromatic rings. The van der Waals surface area contributed by atoms with Crippen LogP contribution in [0.3, 0.4) is 0 Å². The van der Waals surface area contributed by atoms with Gasteiger partial charge in [-0.3, -0.25) is 9.88 Å². The van der Waals surface area contributed by atoms with Crippen LogP contribution in [0.4, 0.5) is 10.7 Å². The van der Waals surface area contributed by atoms with Crippen LogP contribution in [0.2, 0.25) is 0 Å². The molecule has 0 spiro atoms. The Labute approximate surface area is 96.2 Å². The summed E-state index contributed by atoms with van der Waals surface area (Å²) in [5.41, 5.74) is 0. The molecule has 7 nitrogen and oxygen atoms in total. The molecular weight excluding hydrogens is 232 g/mol. The fourth-order valence-electron chi connectivity index (χ4n) is 1.35. The highest BCUT2D eigenvalue weighted by Crippen LogP contribution is 2.25. The van der Waals surface area contributed by atoms with Crippen molar-refractivity contribution in [2.45, 2.75) is 24.7 Å². The number of aromatic nitrogens is 3. The van der Waals surface area contributed by atoms with Crippen molar-refractivity contribution in [2.24, 2.45) is 0 Å². The Balaban J connectivity index is 2.11. The van der Waals surface area contributed by atoms with Crippen LogP contribution in [0.25, 0.3) is 0 Å². The maximum atomic E-state index is 11.2. The molecule has 1 aliphatic heterocycles. The Bertz CT molecular complexity index is 395. The van der Waals surface area contributed by atoms with Crippen LogP contribution >= 0.6 is 11.8 Å². The van der Waals surface area contributed by atoms with Crippen molar-refractivity contribution in [1.82, 2.24) is 14.8 Å². The lowest BCUT2D eigenvalue weighted by atomic mass is 10.4. The average molecular weight is 244 g/mol. The van der Waals surface area contributed by atoms with Crippen LogP contribution in [0, 0.1) is 0 Å². The first-order valence-electron chi connectivity index (χ1n) is 4.88. The lowest BCUT2D eigenvalue weighted by Crippen LogP contribution is -2.26. The molecule has 2 rings (SSSR count). The number of anilines is 1. The number of carbonyl (C=O) groups excluding carboxylic acids is 1. The number of nitrogens with zero attached hydrogens (tertiary/aromatic N) is 3. The summed E-state index contributed by atoms with van der Waals surface area (Å²) in [5, 5.41) is 20.4. The zero-order chi connectivity index (χ0) is 11.5. The van der Waals surface area contributed by atoms with Crippen LogP contribution < -0.4 is 5.32 Å². The first-order valence-corrected chi connectivity index (χ1v) is 5.87. The number of carbonyl (C=O) groups is 1. The molecule has 0 saturated heterocycles. The van der Waals surface area contributed by atoms with E-state index >= 15 is 0 Å². The summed E-state index contributed by atoms with van der Waals surface area (Å²) >= 11 is 1.41. The Morgan fingerprint density at radius 1 is 1.75 bits per heavy atom. The second-order valence-corrected chi connectivity index (χ2v) is 4.21. The summed E-state index contributed by atoms with van der Waals surface area (Å²) in [7, 11) is 0. The van der Waals surface area contributed by atoms with E-state index in [2.05, 4.69) is 15.5 Å². The second kappa shape index (κ2) is 4.71. The third-order valence-electron chi connectivity index (χ3n) is 2.00. The summed E-state index contributed by atoms with van der Waals surface area (Å²) in [4.78, 5) is 11.2. The van der Waals surface area contributed by atoms with Gasteiger partial charge < -0.3 is 9.84 Å². The van der Waals surface area contributed by atoms with Crippen molar-refractivity contribution >= 4 is 23.8 Å². The SMILES string of the molecule is CCOC(=O)Nc1nnc2n1CC(O)CS2. The average Bonchev–Trinajstić information content (AvgIpc) is 2.61. The van der Waals surface area contributed by atoms with E-state index in [-0.39, 0.29) is 0 Å². The molecule has 0 fully saturated rings. The predicted octanol–water partition coefficient (Wildman–Crippen LogP) is 0.313. The van der Waals surface area contributed by atoms with Gasteiger partial charge in [0, 0.05) is 5.75 Å². The highest BCUT2D eigenvalue weighted by atomic mass is 32.2. The molecule has 2 heterocycles. The predicted molar refractivity (Wildman–Crippen MR) is 57.4 cm³/mol. The second-order valence-electron chi connectivity index (χ2n) is 3.23. The molecule has 1 amide bonds. The van der Waals surface area contributed by atoms with E-state index in [1.165, 1.54) is 11.8 Å². The van der Waals surface area contributed by atoms with Gasteiger partial charge in [-0.25, -0.2) is 4.79 Å². The van der Waals surface area contributed by atoms with Crippen molar-refractivity contribution in [1.29, 1.82) is 0 Å². The van der Waals surface area contributed by atoms with Crippen molar-refractivity contribution < 1.29 is 14.6 Å². The fourth-order valence-corrected chi connectivity index (χ4v) is 2.21. The Morgan fingerprint density at radius 2 is 2.56 bits per heavy atom. The van der Waals surface area contributed by atoms with Crippen LogP contribution in [-0.4, -0.2) is 44.4 Å². The molecule has 16 heavy (non-hydrogen) atoms. The van der Waals surface area contributed by atoms with Gasteiger partial charge in [0.25, 0.3) is 0 Å². The lowest BCUT2D eigenvalue weighted by Gasteiger charge is -2.19. The first-order chi connectivity index (χ1) is 7.70. The van der Waals surface area contributed by atoms with E-state index in [4.69, 9.17) is 4.74 Å². The summed E-state index contributed by atoms with van der Waals surface area (Å²) in [6, 6.07) is 0. The third kappa shape index (κ3) is 2.27.